The van der Waals surface area contributed by atoms with Crippen LogP contribution in [-0.4, -0.2) is 17.4 Å². The van der Waals surface area contributed by atoms with Gasteiger partial charge in [-0.25, -0.2) is 0 Å². The molecule has 0 radical (unpaired) electrons. The van der Waals surface area contributed by atoms with Crippen molar-refractivity contribution in [2.45, 2.75) is 0 Å². The summed E-state index contributed by atoms with van der Waals surface area (Å²) in [7, 11) is -1.81. The molecule has 0 atom stereocenters. The maximum absolute atomic E-state index is 8.61. The molecule has 2 aromatic rings. The van der Waals surface area contributed by atoms with Crippen LogP contribution in [0.1, 0.15) is 0 Å². The van der Waals surface area contributed by atoms with Gasteiger partial charge in [-0.2, -0.15) is 0 Å². The number of ether oxygens (including phenoxy) is 1. The lowest BCUT2D eigenvalue weighted by molar-refractivity contribution is 0.288. The fourth-order valence-corrected chi connectivity index (χ4v) is 1.33. The Morgan fingerprint density at radius 3 is 1.82 bits per heavy atom. The van der Waals surface area contributed by atoms with Crippen LogP contribution in [0.15, 0.2) is 54.6 Å². The van der Waals surface area contributed by atoms with E-state index in [4.69, 9.17) is 14.8 Å². The molecule has 2 rings (SSSR count). The monoisotopic (exact) mass is 230 g/mol. The van der Waals surface area contributed by atoms with E-state index in [1.54, 1.807) is 24.3 Å². The lowest BCUT2D eigenvalue weighted by atomic mass is 10.2. The average Bonchev–Trinajstić information content (AvgIpc) is 2.32. The van der Waals surface area contributed by atoms with Crippen molar-refractivity contribution in [1.82, 2.24) is 0 Å². The van der Waals surface area contributed by atoms with E-state index in [0.29, 0.717) is 11.5 Å². The van der Waals surface area contributed by atoms with Gasteiger partial charge in [0, 0.05) is 0 Å². The molecule has 2 N–H and O–H groups in total. The highest BCUT2D eigenvalue weighted by Gasteiger charge is 2.10. The normalized spacial score (nSPS) is 9.76. The van der Waals surface area contributed by atoms with Gasteiger partial charge in [-0.3, -0.25) is 0 Å². The molecule has 0 heterocycles. The topological polar surface area (TPSA) is 58.9 Å². The van der Waals surface area contributed by atoms with E-state index in [2.05, 4.69) is 4.65 Å². The van der Waals surface area contributed by atoms with Gasteiger partial charge in [-0.1, -0.05) is 18.2 Å². The summed E-state index contributed by atoms with van der Waals surface area (Å²) in [6.07, 6.45) is 0. The zero-order valence-corrected chi connectivity index (χ0v) is 8.98. The van der Waals surface area contributed by atoms with E-state index in [9.17, 15) is 0 Å². The summed E-state index contributed by atoms with van der Waals surface area (Å²) in [6, 6.07) is 15.9. The van der Waals surface area contributed by atoms with Crippen molar-refractivity contribution in [3.8, 4) is 17.2 Å². The van der Waals surface area contributed by atoms with E-state index in [-0.39, 0.29) is 0 Å². The van der Waals surface area contributed by atoms with Gasteiger partial charge in [0.2, 0.25) is 0 Å². The molecule has 0 spiro atoms. The van der Waals surface area contributed by atoms with Gasteiger partial charge in [0.25, 0.3) is 0 Å². The van der Waals surface area contributed by atoms with E-state index < -0.39 is 7.32 Å². The first-order valence-electron chi connectivity index (χ1n) is 5.10. The molecule has 0 unspecified atom stereocenters. The maximum atomic E-state index is 8.61. The highest BCUT2D eigenvalue weighted by molar-refractivity contribution is 6.33. The second-order valence-electron chi connectivity index (χ2n) is 3.33. The van der Waals surface area contributed by atoms with Crippen molar-refractivity contribution < 1.29 is 19.4 Å². The summed E-state index contributed by atoms with van der Waals surface area (Å²) in [5.41, 5.74) is 0. The molecule has 2 aromatic carbocycles. The van der Waals surface area contributed by atoms with Gasteiger partial charge in [0.1, 0.15) is 17.2 Å². The van der Waals surface area contributed by atoms with E-state index in [1.807, 2.05) is 30.3 Å². The van der Waals surface area contributed by atoms with Crippen LogP contribution in [0.4, 0.5) is 0 Å². The molecule has 0 saturated heterocycles. The van der Waals surface area contributed by atoms with Crippen LogP contribution < -0.4 is 9.39 Å². The van der Waals surface area contributed by atoms with Crippen molar-refractivity contribution in [1.29, 1.82) is 0 Å². The first-order chi connectivity index (χ1) is 8.24. The van der Waals surface area contributed by atoms with Gasteiger partial charge >= 0.3 is 7.32 Å². The van der Waals surface area contributed by atoms with Crippen LogP contribution in [0.3, 0.4) is 0 Å². The van der Waals surface area contributed by atoms with Crippen molar-refractivity contribution >= 4 is 7.32 Å². The zero-order valence-electron chi connectivity index (χ0n) is 8.98. The Kier molecular flexibility index (Phi) is 3.64. The number of rotatable bonds is 4. The van der Waals surface area contributed by atoms with E-state index >= 15 is 0 Å². The molecule has 17 heavy (non-hydrogen) atoms. The van der Waals surface area contributed by atoms with Gasteiger partial charge < -0.3 is 19.4 Å². The fourth-order valence-electron chi connectivity index (χ4n) is 1.33. The summed E-state index contributed by atoms with van der Waals surface area (Å²) in [5.74, 6) is 1.75. The molecule has 86 valence electrons. The number of hydrogen-bond donors (Lipinski definition) is 2. The predicted octanol–water partition coefficient (Wildman–Crippen LogP) is 1.83. The molecule has 0 aromatic heterocycles. The highest BCUT2D eigenvalue weighted by atomic mass is 16.6. The average molecular weight is 230 g/mol. The van der Waals surface area contributed by atoms with E-state index in [1.165, 1.54) is 0 Å². The summed E-state index contributed by atoms with van der Waals surface area (Å²) >= 11 is 0. The minimum Gasteiger partial charge on any atom is -0.512 e. The molecule has 0 amide bonds. The van der Waals surface area contributed by atoms with Crippen molar-refractivity contribution in [2.75, 3.05) is 0 Å². The molecule has 0 saturated carbocycles. The largest absolute Gasteiger partial charge is 0.707 e. The fraction of sp³-hybridized carbons (Fsp3) is 0. The Hall–Kier alpha value is -1.98. The van der Waals surface area contributed by atoms with Gasteiger partial charge in [-0.05, 0) is 36.4 Å². The van der Waals surface area contributed by atoms with Crippen LogP contribution in [0.5, 0.6) is 17.2 Å². The summed E-state index contributed by atoms with van der Waals surface area (Å²) in [5, 5.41) is 17.2. The van der Waals surface area contributed by atoms with Crippen LogP contribution in [-0.2, 0) is 0 Å². The lowest BCUT2D eigenvalue weighted by Gasteiger charge is -2.07. The molecule has 0 aliphatic rings. The molecule has 0 aliphatic carbocycles. The Labute approximate surface area is 99.2 Å². The smallest absolute Gasteiger partial charge is 0.512 e. The highest BCUT2D eigenvalue weighted by Crippen LogP contribution is 2.23. The SMILES string of the molecule is OB(O)Oc1ccc(Oc2ccccc2)cc1. The minimum absolute atomic E-state index is 0.361. The molecular weight excluding hydrogens is 219 g/mol. The third-order valence-corrected chi connectivity index (χ3v) is 2.04. The first kappa shape index (κ1) is 11.5. The van der Waals surface area contributed by atoms with Gasteiger partial charge in [-0.15, -0.1) is 0 Å². The molecule has 5 heteroatoms. The van der Waals surface area contributed by atoms with Crippen LogP contribution >= 0.6 is 0 Å². The predicted molar refractivity (Wildman–Crippen MR) is 63.8 cm³/mol. The summed E-state index contributed by atoms with van der Waals surface area (Å²) < 4.78 is 10.2. The third kappa shape index (κ3) is 3.51. The van der Waals surface area contributed by atoms with Crippen molar-refractivity contribution in [2.24, 2.45) is 0 Å². The lowest BCUT2D eigenvalue weighted by Crippen LogP contribution is -2.20. The first-order valence-corrected chi connectivity index (χ1v) is 5.10. The quantitative estimate of drug-likeness (QED) is 0.786. The van der Waals surface area contributed by atoms with Crippen LogP contribution in [0.2, 0.25) is 0 Å². The Morgan fingerprint density at radius 1 is 0.706 bits per heavy atom. The zero-order chi connectivity index (χ0) is 12.1. The van der Waals surface area contributed by atoms with Gasteiger partial charge in [0.05, 0.1) is 0 Å². The van der Waals surface area contributed by atoms with Crippen molar-refractivity contribution in [3.63, 3.8) is 0 Å². The number of benzene rings is 2. The standard InChI is InChI=1S/C12H11BO4/c14-13(15)17-12-8-6-11(7-9-12)16-10-4-2-1-3-5-10/h1-9,14-15H. The third-order valence-electron chi connectivity index (χ3n) is 2.04. The Bertz CT molecular complexity index is 456. The number of para-hydroxylation sites is 1. The second kappa shape index (κ2) is 5.38. The molecular formula is C12H11BO4. The Morgan fingerprint density at radius 2 is 1.24 bits per heavy atom. The van der Waals surface area contributed by atoms with Crippen molar-refractivity contribution in [3.05, 3.63) is 54.6 Å². The number of hydrogen-bond acceptors (Lipinski definition) is 4. The van der Waals surface area contributed by atoms with Gasteiger partial charge in [0.15, 0.2) is 0 Å². The molecule has 0 aliphatic heterocycles. The summed E-state index contributed by atoms with van der Waals surface area (Å²) in [4.78, 5) is 0. The molecule has 0 fully saturated rings. The Balaban J connectivity index is 2.03. The minimum atomic E-state index is -1.81. The second-order valence-corrected chi connectivity index (χ2v) is 3.33. The molecule has 4 nitrogen and oxygen atoms in total. The van der Waals surface area contributed by atoms with Crippen LogP contribution in [0.25, 0.3) is 0 Å². The van der Waals surface area contributed by atoms with E-state index in [0.717, 1.165) is 5.75 Å². The molecule has 0 bridgehead atoms. The maximum Gasteiger partial charge on any atom is 0.707 e. The van der Waals surface area contributed by atoms with Crippen LogP contribution in [0, 0.1) is 0 Å². The summed E-state index contributed by atoms with van der Waals surface area (Å²) in [6.45, 7) is 0.